The SMILES string of the molecule is OB1OCc2ncc(O)cc21. The average molecular weight is 151 g/mol. The van der Waals surface area contributed by atoms with Crippen molar-refractivity contribution in [3.8, 4) is 5.75 Å². The van der Waals surface area contributed by atoms with Crippen LogP contribution in [-0.2, 0) is 11.3 Å². The molecule has 2 rings (SSSR count). The second-order valence-corrected chi connectivity index (χ2v) is 2.39. The summed E-state index contributed by atoms with van der Waals surface area (Å²) in [6.45, 7) is 0.316. The lowest BCUT2D eigenvalue weighted by atomic mass is 9.81. The van der Waals surface area contributed by atoms with Crippen molar-refractivity contribution in [2.24, 2.45) is 0 Å². The predicted molar refractivity (Wildman–Crippen MR) is 38.3 cm³/mol. The Bertz CT molecular complexity index is 291. The van der Waals surface area contributed by atoms with Crippen molar-refractivity contribution in [1.29, 1.82) is 0 Å². The van der Waals surface area contributed by atoms with E-state index in [9.17, 15) is 0 Å². The summed E-state index contributed by atoms with van der Waals surface area (Å²) in [5.41, 5.74) is 1.25. The van der Waals surface area contributed by atoms with Crippen LogP contribution >= 0.6 is 0 Å². The molecule has 2 N–H and O–H groups in total. The highest BCUT2D eigenvalue weighted by Crippen LogP contribution is 2.11. The van der Waals surface area contributed by atoms with Crippen LogP contribution in [0.25, 0.3) is 0 Å². The molecule has 1 aromatic rings. The number of aromatic hydroxyl groups is 1. The van der Waals surface area contributed by atoms with E-state index in [1.807, 2.05) is 0 Å². The Morgan fingerprint density at radius 1 is 1.64 bits per heavy atom. The van der Waals surface area contributed by atoms with E-state index >= 15 is 0 Å². The first-order valence-electron chi connectivity index (χ1n) is 3.25. The Labute approximate surface area is 63.6 Å². The molecule has 11 heavy (non-hydrogen) atoms. The third-order valence-corrected chi connectivity index (χ3v) is 1.63. The van der Waals surface area contributed by atoms with Crippen molar-refractivity contribution in [3.63, 3.8) is 0 Å². The minimum atomic E-state index is -0.926. The molecule has 2 heterocycles. The fraction of sp³-hybridized carbons (Fsp3) is 0.167. The van der Waals surface area contributed by atoms with E-state index in [1.54, 1.807) is 0 Å². The van der Waals surface area contributed by atoms with E-state index in [0.29, 0.717) is 17.8 Å². The number of nitrogens with zero attached hydrogens (tertiary/aromatic N) is 1. The minimum absolute atomic E-state index is 0.0494. The molecule has 0 unspecified atom stereocenters. The summed E-state index contributed by atoms with van der Waals surface area (Å²) in [7, 11) is -0.926. The zero-order valence-corrected chi connectivity index (χ0v) is 5.69. The zero-order valence-electron chi connectivity index (χ0n) is 5.69. The summed E-state index contributed by atoms with van der Waals surface area (Å²) < 4.78 is 4.86. The lowest BCUT2D eigenvalue weighted by molar-refractivity contribution is 0.272. The molecule has 0 fully saturated rings. The lowest BCUT2D eigenvalue weighted by Gasteiger charge is -1.96. The fourth-order valence-corrected chi connectivity index (χ4v) is 1.08. The zero-order chi connectivity index (χ0) is 7.84. The average Bonchev–Trinajstić information content (AvgIpc) is 2.33. The van der Waals surface area contributed by atoms with Gasteiger partial charge in [-0.25, -0.2) is 0 Å². The predicted octanol–water partition coefficient (Wildman–Crippen LogP) is -0.995. The number of hydrogen-bond acceptors (Lipinski definition) is 4. The quantitative estimate of drug-likeness (QED) is 0.467. The van der Waals surface area contributed by atoms with Crippen LogP contribution in [0.4, 0.5) is 0 Å². The number of pyridine rings is 1. The molecule has 0 amide bonds. The van der Waals surface area contributed by atoms with Gasteiger partial charge in [0.2, 0.25) is 0 Å². The third-order valence-electron chi connectivity index (χ3n) is 1.63. The van der Waals surface area contributed by atoms with Gasteiger partial charge < -0.3 is 14.8 Å². The van der Waals surface area contributed by atoms with Gasteiger partial charge in [0.15, 0.2) is 0 Å². The molecule has 0 aromatic carbocycles. The molecular formula is C6H6BNO3. The van der Waals surface area contributed by atoms with E-state index in [2.05, 4.69) is 4.98 Å². The van der Waals surface area contributed by atoms with Gasteiger partial charge in [-0.05, 0) is 6.07 Å². The smallest absolute Gasteiger partial charge is 0.493 e. The Kier molecular flexibility index (Phi) is 1.34. The van der Waals surface area contributed by atoms with Crippen LogP contribution in [0.2, 0.25) is 0 Å². The monoisotopic (exact) mass is 151 g/mol. The van der Waals surface area contributed by atoms with E-state index in [-0.39, 0.29) is 5.75 Å². The number of aromatic nitrogens is 1. The van der Waals surface area contributed by atoms with Crippen LogP contribution in [0, 0.1) is 0 Å². The molecule has 0 aliphatic carbocycles. The van der Waals surface area contributed by atoms with Crippen molar-refractivity contribution < 1.29 is 14.8 Å². The molecule has 0 saturated heterocycles. The summed E-state index contributed by atoms with van der Waals surface area (Å²) in [5.74, 6) is 0.0494. The molecular weight excluding hydrogens is 145 g/mol. The van der Waals surface area contributed by atoms with Crippen molar-refractivity contribution in [2.75, 3.05) is 0 Å². The van der Waals surface area contributed by atoms with Gasteiger partial charge in [-0.15, -0.1) is 0 Å². The van der Waals surface area contributed by atoms with Gasteiger partial charge in [0.25, 0.3) is 0 Å². The second kappa shape index (κ2) is 2.22. The molecule has 0 saturated carbocycles. The summed E-state index contributed by atoms with van der Waals surface area (Å²) in [4.78, 5) is 3.87. The fourth-order valence-electron chi connectivity index (χ4n) is 1.08. The van der Waals surface area contributed by atoms with Gasteiger partial charge in [0.1, 0.15) is 5.75 Å². The summed E-state index contributed by atoms with van der Waals surface area (Å²) in [6.07, 6.45) is 1.33. The Balaban J connectivity index is 2.52. The van der Waals surface area contributed by atoms with Crippen molar-refractivity contribution >= 4 is 12.6 Å². The van der Waals surface area contributed by atoms with Crippen molar-refractivity contribution in [3.05, 3.63) is 18.0 Å². The number of rotatable bonds is 0. The first-order valence-corrected chi connectivity index (χ1v) is 3.25. The topological polar surface area (TPSA) is 62.6 Å². The lowest BCUT2D eigenvalue weighted by Crippen LogP contribution is -2.28. The molecule has 0 atom stereocenters. The van der Waals surface area contributed by atoms with Crippen molar-refractivity contribution in [2.45, 2.75) is 6.61 Å². The molecule has 0 radical (unpaired) electrons. The maximum Gasteiger partial charge on any atom is 0.493 e. The van der Waals surface area contributed by atoms with Gasteiger partial charge in [-0.3, -0.25) is 4.98 Å². The summed E-state index contributed by atoms with van der Waals surface area (Å²) in [5, 5.41) is 18.1. The molecule has 0 bridgehead atoms. The molecule has 1 aliphatic rings. The van der Waals surface area contributed by atoms with Crippen LogP contribution < -0.4 is 5.46 Å². The molecule has 56 valence electrons. The standard InChI is InChI=1S/C6H6BNO3/c9-4-1-5-6(8-2-4)3-11-7(5)10/h1-2,9-10H,3H2. The second-order valence-electron chi connectivity index (χ2n) is 2.39. The van der Waals surface area contributed by atoms with E-state index in [4.69, 9.17) is 14.8 Å². The first-order chi connectivity index (χ1) is 5.27. The van der Waals surface area contributed by atoms with Crippen LogP contribution in [-0.4, -0.2) is 22.2 Å². The van der Waals surface area contributed by atoms with E-state index < -0.39 is 7.12 Å². The number of fused-ring (bicyclic) bond motifs is 1. The molecule has 1 aromatic heterocycles. The highest BCUT2D eigenvalue weighted by molar-refractivity contribution is 6.61. The molecule has 5 heteroatoms. The van der Waals surface area contributed by atoms with Crippen LogP contribution in [0.15, 0.2) is 12.3 Å². The molecule has 1 aliphatic heterocycles. The van der Waals surface area contributed by atoms with Crippen LogP contribution in [0.5, 0.6) is 5.75 Å². The van der Waals surface area contributed by atoms with Crippen LogP contribution in [0.1, 0.15) is 5.69 Å². The number of hydrogen-bond donors (Lipinski definition) is 2. The Morgan fingerprint density at radius 2 is 2.45 bits per heavy atom. The van der Waals surface area contributed by atoms with E-state index in [0.717, 1.165) is 0 Å². The van der Waals surface area contributed by atoms with Gasteiger partial charge in [-0.2, -0.15) is 0 Å². The van der Waals surface area contributed by atoms with Gasteiger partial charge >= 0.3 is 7.12 Å². The summed E-state index contributed by atoms with van der Waals surface area (Å²) in [6, 6.07) is 1.46. The first kappa shape index (κ1) is 6.63. The van der Waals surface area contributed by atoms with Gasteiger partial charge in [-0.1, -0.05) is 0 Å². The maximum atomic E-state index is 9.13. The Hall–Kier alpha value is -1.07. The molecule has 4 nitrogen and oxygen atoms in total. The minimum Gasteiger partial charge on any atom is -0.506 e. The largest absolute Gasteiger partial charge is 0.506 e. The van der Waals surface area contributed by atoms with Crippen molar-refractivity contribution in [1.82, 2.24) is 4.98 Å². The van der Waals surface area contributed by atoms with Gasteiger partial charge in [0, 0.05) is 5.46 Å². The van der Waals surface area contributed by atoms with E-state index in [1.165, 1.54) is 12.3 Å². The normalized spacial score (nSPS) is 15.2. The van der Waals surface area contributed by atoms with Crippen LogP contribution in [0.3, 0.4) is 0 Å². The van der Waals surface area contributed by atoms with Gasteiger partial charge in [0.05, 0.1) is 18.5 Å². The summed E-state index contributed by atoms with van der Waals surface area (Å²) >= 11 is 0. The Morgan fingerprint density at radius 3 is 3.27 bits per heavy atom. The highest BCUT2D eigenvalue weighted by Gasteiger charge is 2.28. The highest BCUT2D eigenvalue weighted by atomic mass is 16.5. The molecule has 0 spiro atoms. The third kappa shape index (κ3) is 0.980. The maximum absolute atomic E-state index is 9.13.